The minimum Gasteiger partial charge on any atom is -0.436 e. The smallest absolute Gasteiger partial charge is 0.410 e. The van der Waals surface area contributed by atoms with E-state index in [0.717, 1.165) is 11.0 Å². The number of alkyl halides is 3. The molecule has 1 unspecified atom stereocenters. The average Bonchev–Trinajstić information content (AvgIpc) is 3.32. The van der Waals surface area contributed by atoms with Crippen molar-refractivity contribution < 1.29 is 36.7 Å². The number of hydrogen-bond donors (Lipinski definition) is 3. The number of rotatable bonds is 11. The van der Waals surface area contributed by atoms with E-state index in [9.17, 15) is 36.7 Å². The highest BCUT2D eigenvalue weighted by Crippen LogP contribution is 2.27. The Hall–Kier alpha value is -4.62. The van der Waals surface area contributed by atoms with Crippen LogP contribution in [0.2, 0.25) is 0 Å². The van der Waals surface area contributed by atoms with Crippen molar-refractivity contribution >= 4 is 34.5 Å². The standard InChI is InChI=1S/C28H31F4N5O5/c1-33-23(38)9-5-4-8-22(42-27(41)36(2)3)25(39)35-21-7-6-12-37(26(21)40)16-20-15-18-14-19(29)13-17(24(18)34-20)10-11-28(30,31)32/h5-7,9,12-15,22,34H,4,8,10-11,16H2,1-3H3,(H,33,38)(H,35,39). The van der Waals surface area contributed by atoms with Gasteiger partial charge in [-0.15, -0.1) is 0 Å². The number of amides is 3. The minimum absolute atomic E-state index is 0.0300. The molecule has 226 valence electrons. The highest BCUT2D eigenvalue weighted by molar-refractivity contribution is 5.95. The van der Waals surface area contributed by atoms with E-state index in [-0.39, 0.29) is 36.5 Å². The summed E-state index contributed by atoms with van der Waals surface area (Å²) in [6.07, 6.45) is -3.51. The molecule has 0 saturated carbocycles. The Labute approximate surface area is 238 Å². The van der Waals surface area contributed by atoms with Crippen LogP contribution in [0.25, 0.3) is 10.9 Å². The Morgan fingerprint density at radius 3 is 2.60 bits per heavy atom. The number of aryl methyl sites for hydroxylation is 1. The largest absolute Gasteiger partial charge is 0.436 e. The van der Waals surface area contributed by atoms with Crippen LogP contribution in [-0.4, -0.2) is 65.8 Å². The van der Waals surface area contributed by atoms with E-state index in [0.29, 0.717) is 16.6 Å². The molecule has 0 spiro atoms. The third kappa shape index (κ3) is 8.94. The third-order valence-corrected chi connectivity index (χ3v) is 6.14. The van der Waals surface area contributed by atoms with E-state index < -0.39 is 48.5 Å². The normalized spacial score (nSPS) is 12.4. The van der Waals surface area contributed by atoms with Crippen molar-refractivity contribution in [2.75, 3.05) is 26.5 Å². The van der Waals surface area contributed by atoms with Gasteiger partial charge in [-0.3, -0.25) is 14.4 Å². The lowest BCUT2D eigenvalue weighted by atomic mass is 10.1. The van der Waals surface area contributed by atoms with Gasteiger partial charge in [-0.2, -0.15) is 13.2 Å². The van der Waals surface area contributed by atoms with Crippen molar-refractivity contribution in [1.29, 1.82) is 0 Å². The second kappa shape index (κ2) is 13.8. The fourth-order valence-corrected chi connectivity index (χ4v) is 4.04. The van der Waals surface area contributed by atoms with Crippen molar-refractivity contribution in [2.45, 2.75) is 44.5 Å². The predicted molar refractivity (Wildman–Crippen MR) is 147 cm³/mol. The average molecular weight is 594 g/mol. The summed E-state index contributed by atoms with van der Waals surface area (Å²) in [7, 11) is 4.34. The van der Waals surface area contributed by atoms with Crippen LogP contribution in [0.4, 0.5) is 28.0 Å². The second-order valence-electron chi connectivity index (χ2n) is 9.64. The summed E-state index contributed by atoms with van der Waals surface area (Å²) in [5, 5.41) is 5.25. The summed E-state index contributed by atoms with van der Waals surface area (Å²) < 4.78 is 58.9. The number of halogens is 4. The van der Waals surface area contributed by atoms with Crippen LogP contribution in [0.3, 0.4) is 0 Å². The monoisotopic (exact) mass is 593 g/mol. The third-order valence-electron chi connectivity index (χ3n) is 6.14. The summed E-state index contributed by atoms with van der Waals surface area (Å²) in [5.74, 6) is -1.78. The fourth-order valence-electron chi connectivity index (χ4n) is 4.04. The molecule has 3 amide bonds. The maximum atomic E-state index is 14.1. The maximum Gasteiger partial charge on any atom is 0.410 e. The summed E-state index contributed by atoms with van der Waals surface area (Å²) >= 11 is 0. The number of likely N-dealkylation sites (N-methyl/N-ethyl adjacent to an activating group) is 1. The zero-order valence-electron chi connectivity index (χ0n) is 23.2. The Kier molecular flexibility index (Phi) is 10.5. The predicted octanol–water partition coefficient (Wildman–Crippen LogP) is 4.10. The van der Waals surface area contributed by atoms with Crippen LogP contribution in [0.5, 0.6) is 0 Å². The molecule has 3 aromatic rings. The van der Waals surface area contributed by atoms with Gasteiger partial charge in [0.2, 0.25) is 5.91 Å². The first kappa shape index (κ1) is 31.9. The zero-order chi connectivity index (χ0) is 31.0. The number of aromatic amines is 1. The lowest BCUT2D eigenvalue weighted by Gasteiger charge is -2.19. The number of anilines is 1. The molecule has 2 heterocycles. The summed E-state index contributed by atoms with van der Waals surface area (Å²) in [6.45, 7) is -0.0547. The van der Waals surface area contributed by atoms with Gasteiger partial charge >= 0.3 is 12.3 Å². The van der Waals surface area contributed by atoms with Gasteiger partial charge in [0.1, 0.15) is 11.5 Å². The first-order valence-electron chi connectivity index (χ1n) is 12.9. The number of H-pyrrole nitrogens is 1. The number of benzene rings is 1. The van der Waals surface area contributed by atoms with Gasteiger partial charge in [0.25, 0.3) is 11.5 Å². The first-order chi connectivity index (χ1) is 19.8. The number of carbonyl (C=O) groups excluding carboxylic acids is 3. The molecule has 2 aromatic heterocycles. The molecule has 3 rings (SSSR count). The van der Waals surface area contributed by atoms with E-state index in [2.05, 4.69) is 15.6 Å². The van der Waals surface area contributed by atoms with Crippen LogP contribution < -0.4 is 16.2 Å². The van der Waals surface area contributed by atoms with Gasteiger partial charge in [0.05, 0.1) is 6.54 Å². The molecule has 14 heteroatoms. The highest BCUT2D eigenvalue weighted by atomic mass is 19.4. The number of nitrogens with one attached hydrogen (secondary N) is 3. The van der Waals surface area contributed by atoms with Gasteiger partial charge < -0.3 is 29.8 Å². The molecule has 1 aromatic carbocycles. The van der Waals surface area contributed by atoms with Gasteiger partial charge in [-0.05, 0) is 61.2 Å². The van der Waals surface area contributed by atoms with Gasteiger partial charge in [0, 0.05) is 50.4 Å². The van der Waals surface area contributed by atoms with E-state index in [1.807, 2.05) is 0 Å². The Morgan fingerprint density at radius 1 is 1.19 bits per heavy atom. The summed E-state index contributed by atoms with van der Waals surface area (Å²) in [5.41, 5.74) is 0.206. The van der Waals surface area contributed by atoms with Crippen molar-refractivity contribution in [3.8, 4) is 0 Å². The summed E-state index contributed by atoms with van der Waals surface area (Å²) in [4.78, 5) is 53.8. The van der Waals surface area contributed by atoms with Crippen molar-refractivity contribution in [1.82, 2.24) is 19.8 Å². The summed E-state index contributed by atoms with van der Waals surface area (Å²) in [6, 6.07) is 6.63. The van der Waals surface area contributed by atoms with Crippen LogP contribution in [0.15, 0.2) is 53.5 Å². The molecule has 0 radical (unpaired) electrons. The molecule has 0 aliphatic heterocycles. The number of hydrogen-bond acceptors (Lipinski definition) is 5. The molecule has 0 saturated heterocycles. The van der Waals surface area contributed by atoms with Crippen molar-refractivity contribution in [3.05, 3.63) is 76.1 Å². The number of pyridine rings is 1. The first-order valence-corrected chi connectivity index (χ1v) is 12.9. The fraction of sp³-hybridized carbons (Fsp3) is 0.357. The topological polar surface area (TPSA) is 126 Å². The Morgan fingerprint density at radius 2 is 1.93 bits per heavy atom. The molecule has 0 aliphatic rings. The number of aromatic nitrogens is 2. The van der Waals surface area contributed by atoms with Crippen LogP contribution in [0.1, 0.15) is 30.5 Å². The number of nitrogens with zero attached hydrogens (tertiary/aromatic N) is 2. The zero-order valence-corrected chi connectivity index (χ0v) is 23.2. The van der Waals surface area contributed by atoms with E-state index in [4.69, 9.17) is 4.74 Å². The number of ether oxygens (including phenoxy) is 1. The highest BCUT2D eigenvalue weighted by Gasteiger charge is 2.27. The van der Waals surface area contributed by atoms with Crippen LogP contribution in [-0.2, 0) is 27.3 Å². The van der Waals surface area contributed by atoms with Gasteiger partial charge in [0.15, 0.2) is 6.10 Å². The number of allylic oxidation sites excluding steroid dienone is 1. The Bertz CT molecular complexity index is 1530. The van der Waals surface area contributed by atoms with Crippen LogP contribution in [0, 0.1) is 5.82 Å². The molecule has 42 heavy (non-hydrogen) atoms. The van der Waals surface area contributed by atoms with Crippen molar-refractivity contribution in [2.24, 2.45) is 0 Å². The van der Waals surface area contributed by atoms with Crippen molar-refractivity contribution in [3.63, 3.8) is 0 Å². The molecule has 0 aliphatic carbocycles. The molecule has 0 fully saturated rings. The lowest BCUT2D eigenvalue weighted by Crippen LogP contribution is -2.37. The van der Waals surface area contributed by atoms with E-state index in [1.54, 1.807) is 0 Å². The SMILES string of the molecule is CNC(=O)C=CCCC(OC(=O)N(C)C)C(=O)Nc1cccn(Cc2cc3cc(F)cc(CCC(F)(F)F)c3[nH]2)c1=O. The molecular formula is C28H31F4N5O5. The molecule has 3 N–H and O–H groups in total. The maximum absolute atomic E-state index is 14.1. The minimum atomic E-state index is -4.40. The lowest BCUT2D eigenvalue weighted by molar-refractivity contribution is -0.134. The molecule has 1 atom stereocenters. The van der Waals surface area contributed by atoms with Gasteiger partial charge in [-0.25, -0.2) is 9.18 Å². The molecule has 10 nitrogen and oxygen atoms in total. The van der Waals surface area contributed by atoms with Crippen LogP contribution >= 0.6 is 0 Å². The van der Waals surface area contributed by atoms with Gasteiger partial charge in [-0.1, -0.05) is 6.08 Å². The molecular weight excluding hydrogens is 562 g/mol. The van der Waals surface area contributed by atoms with E-state index >= 15 is 0 Å². The number of fused-ring (bicyclic) bond motifs is 1. The Balaban J connectivity index is 1.80. The second-order valence-corrected chi connectivity index (χ2v) is 9.64. The molecule has 0 bridgehead atoms. The quantitative estimate of drug-likeness (QED) is 0.228. The van der Waals surface area contributed by atoms with E-state index in [1.165, 1.54) is 68.3 Å². The number of carbonyl (C=O) groups is 3.